The Kier molecular flexibility index (Phi) is 4.16. The predicted octanol–water partition coefficient (Wildman–Crippen LogP) is 1.66. The van der Waals surface area contributed by atoms with E-state index in [2.05, 4.69) is 31.8 Å². The topological polar surface area (TPSA) is 108 Å². The number of H-pyrrole nitrogens is 1. The number of hydrogen-bond acceptors (Lipinski definition) is 5. The molecule has 1 aliphatic heterocycles. The van der Waals surface area contributed by atoms with Gasteiger partial charge in [0.1, 0.15) is 5.82 Å². The van der Waals surface area contributed by atoms with Crippen LogP contribution in [0.2, 0.25) is 0 Å². The van der Waals surface area contributed by atoms with E-state index >= 15 is 0 Å². The van der Waals surface area contributed by atoms with E-state index in [1.165, 1.54) is 0 Å². The van der Waals surface area contributed by atoms with Crippen LogP contribution in [0.1, 0.15) is 37.9 Å². The first kappa shape index (κ1) is 18.8. The molecule has 0 radical (unpaired) electrons. The number of aromatic nitrogens is 5. The number of nitrogens with zero attached hydrogens (tertiary/aromatic N) is 5. The standard InChI is InChI=1S/C17H21F2N7O2S/c1-2-10-5-11(24-29(27,28)25-8-17(18,19)9-25)6-12(10)16-23-22-14-7-21-15-13(26(14)16)3-4-20-15/h3-4,7,10-12,20,24H,2,5-6,8-9H2,1H3/t10-,11+,12?/m1/s1. The van der Waals surface area contributed by atoms with E-state index in [0.717, 1.165) is 27.7 Å². The number of rotatable bonds is 5. The van der Waals surface area contributed by atoms with Gasteiger partial charge in [-0.15, -0.1) is 10.2 Å². The van der Waals surface area contributed by atoms with Gasteiger partial charge in [-0.2, -0.15) is 17.4 Å². The first-order valence-corrected chi connectivity index (χ1v) is 11.0. The average molecular weight is 425 g/mol. The van der Waals surface area contributed by atoms with E-state index < -0.39 is 29.2 Å². The fourth-order valence-electron chi connectivity index (χ4n) is 4.55. The summed E-state index contributed by atoms with van der Waals surface area (Å²) in [5, 5.41) is 8.62. The van der Waals surface area contributed by atoms with Gasteiger partial charge in [-0.05, 0) is 24.8 Å². The monoisotopic (exact) mass is 425 g/mol. The van der Waals surface area contributed by atoms with Crippen molar-refractivity contribution in [3.63, 3.8) is 0 Å². The van der Waals surface area contributed by atoms with E-state index in [1.54, 1.807) is 12.4 Å². The zero-order chi connectivity index (χ0) is 20.4. The lowest BCUT2D eigenvalue weighted by molar-refractivity contribution is -0.0950. The van der Waals surface area contributed by atoms with Crippen molar-refractivity contribution in [2.45, 2.75) is 44.1 Å². The van der Waals surface area contributed by atoms with Crippen LogP contribution in [-0.4, -0.2) is 62.3 Å². The van der Waals surface area contributed by atoms with E-state index in [-0.39, 0.29) is 17.9 Å². The van der Waals surface area contributed by atoms with Gasteiger partial charge in [0.15, 0.2) is 11.3 Å². The van der Waals surface area contributed by atoms with Gasteiger partial charge in [0, 0.05) is 18.2 Å². The molecule has 2 fully saturated rings. The molecule has 29 heavy (non-hydrogen) atoms. The number of nitrogens with one attached hydrogen (secondary N) is 2. The lowest BCUT2D eigenvalue weighted by Gasteiger charge is -2.37. The Labute approximate surface area is 165 Å². The van der Waals surface area contributed by atoms with Crippen molar-refractivity contribution in [1.29, 1.82) is 0 Å². The molecular weight excluding hydrogens is 404 g/mol. The van der Waals surface area contributed by atoms with Gasteiger partial charge < -0.3 is 4.98 Å². The minimum Gasteiger partial charge on any atom is -0.345 e. The van der Waals surface area contributed by atoms with E-state index in [4.69, 9.17) is 0 Å². The van der Waals surface area contributed by atoms with Crippen LogP contribution in [0.15, 0.2) is 18.5 Å². The first-order valence-electron chi connectivity index (χ1n) is 9.60. The van der Waals surface area contributed by atoms with Crippen LogP contribution >= 0.6 is 0 Å². The summed E-state index contributed by atoms with van der Waals surface area (Å²) < 4.78 is 56.4. The van der Waals surface area contributed by atoms with Gasteiger partial charge in [-0.25, -0.2) is 13.8 Å². The lowest BCUT2D eigenvalue weighted by Crippen LogP contribution is -2.61. The third-order valence-corrected chi connectivity index (χ3v) is 7.56. The number of halogens is 2. The molecule has 5 rings (SSSR count). The van der Waals surface area contributed by atoms with E-state index in [0.29, 0.717) is 18.5 Å². The molecule has 4 heterocycles. The van der Waals surface area contributed by atoms with Gasteiger partial charge in [-0.3, -0.25) is 4.40 Å². The second-order valence-electron chi connectivity index (χ2n) is 7.91. The molecule has 156 valence electrons. The van der Waals surface area contributed by atoms with Gasteiger partial charge in [-0.1, -0.05) is 13.3 Å². The maximum absolute atomic E-state index is 13.1. The summed E-state index contributed by atoms with van der Waals surface area (Å²) in [6, 6.07) is 1.57. The van der Waals surface area contributed by atoms with Crippen molar-refractivity contribution in [1.82, 2.24) is 33.6 Å². The second kappa shape index (κ2) is 6.41. The van der Waals surface area contributed by atoms with Crippen molar-refractivity contribution in [3.8, 4) is 0 Å². The van der Waals surface area contributed by atoms with Crippen LogP contribution in [0, 0.1) is 5.92 Å². The molecule has 0 bridgehead atoms. The fourth-order valence-corrected chi connectivity index (χ4v) is 6.03. The van der Waals surface area contributed by atoms with Crippen LogP contribution in [0.5, 0.6) is 0 Å². The van der Waals surface area contributed by atoms with Crippen molar-refractivity contribution >= 4 is 27.0 Å². The Bertz CT molecular complexity index is 1170. The first-order chi connectivity index (χ1) is 13.8. The SMILES string of the molecule is CC[C@@H]1C[C@H](NS(=O)(=O)N2CC(F)(F)C2)CC1c1nnc2cnc3[nH]ccc3n12. The molecule has 1 aliphatic carbocycles. The van der Waals surface area contributed by atoms with Crippen molar-refractivity contribution in [3.05, 3.63) is 24.3 Å². The second-order valence-corrected chi connectivity index (χ2v) is 9.61. The number of fused-ring (bicyclic) bond motifs is 3. The molecule has 3 atom stereocenters. The van der Waals surface area contributed by atoms with Crippen molar-refractivity contribution in [2.24, 2.45) is 5.92 Å². The molecule has 1 saturated carbocycles. The maximum Gasteiger partial charge on any atom is 0.280 e. The van der Waals surface area contributed by atoms with Gasteiger partial charge in [0.05, 0.1) is 24.8 Å². The zero-order valence-corrected chi connectivity index (χ0v) is 16.5. The third kappa shape index (κ3) is 3.09. The van der Waals surface area contributed by atoms with Crippen LogP contribution in [0.25, 0.3) is 16.8 Å². The average Bonchev–Trinajstić information content (AvgIpc) is 3.35. The number of alkyl halides is 2. The minimum atomic E-state index is -3.92. The van der Waals surface area contributed by atoms with Crippen LogP contribution in [0.3, 0.4) is 0 Å². The molecule has 2 aliphatic rings. The summed E-state index contributed by atoms with van der Waals surface area (Å²) >= 11 is 0. The highest BCUT2D eigenvalue weighted by molar-refractivity contribution is 7.87. The van der Waals surface area contributed by atoms with Gasteiger partial charge in [0.2, 0.25) is 0 Å². The largest absolute Gasteiger partial charge is 0.345 e. The molecule has 0 spiro atoms. The number of hydrogen-bond donors (Lipinski definition) is 2. The fraction of sp³-hybridized carbons (Fsp3) is 0.588. The summed E-state index contributed by atoms with van der Waals surface area (Å²) in [7, 11) is -3.92. The Morgan fingerprint density at radius 3 is 2.83 bits per heavy atom. The van der Waals surface area contributed by atoms with E-state index in [9.17, 15) is 17.2 Å². The lowest BCUT2D eigenvalue weighted by atomic mass is 9.93. The Balaban J connectivity index is 1.42. The smallest absolute Gasteiger partial charge is 0.280 e. The summed E-state index contributed by atoms with van der Waals surface area (Å²) in [5.41, 5.74) is 2.22. The molecule has 1 unspecified atom stereocenters. The third-order valence-electron chi connectivity index (χ3n) is 5.99. The summed E-state index contributed by atoms with van der Waals surface area (Å²) in [4.78, 5) is 7.39. The Hall–Kier alpha value is -2.18. The Morgan fingerprint density at radius 1 is 1.31 bits per heavy atom. The molecule has 12 heteroatoms. The molecule has 3 aromatic heterocycles. The maximum atomic E-state index is 13.1. The van der Waals surface area contributed by atoms with Gasteiger partial charge >= 0.3 is 0 Å². The zero-order valence-electron chi connectivity index (χ0n) is 15.7. The normalized spacial score (nSPS) is 27.6. The molecule has 2 N–H and O–H groups in total. The highest BCUT2D eigenvalue weighted by atomic mass is 32.2. The number of aromatic amines is 1. The minimum absolute atomic E-state index is 0.000955. The molecule has 0 amide bonds. The van der Waals surface area contributed by atoms with E-state index in [1.807, 2.05) is 10.5 Å². The summed E-state index contributed by atoms with van der Waals surface area (Å²) in [6.45, 7) is 0.535. The van der Waals surface area contributed by atoms with Crippen LogP contribution in [0.4, 0.5) is 8.78 Å². The van der Waals surface area contributed by atoms with Crippen LogP contribution < -0.4 is 4.72 Å². The highest BCUT2D eigenvalue weighted by Crippen LogP contribution is 2.42. The predicted molar refractivity (Wildman–Crippen MR) is 101 cm³/mol. The summed E-state index contributed by atoms with van der Waals surface area (Å²) in [5.74, 6) is -1.96. The van der Waals surface area contributed by atoms with Gasteiger partial charge in [0.25, 0.3) is 16.1 Å². The van der Waals surface area contributed by atoms with Crippen molar-refractivity contribution < 1.29 is 17.2 Å². The molecule has 1 saturated heterocycles. The molecule has 3 aromatic rings. The molecule has 9 nitrogen and oxygen atoms in total. The molecular formula is C17H21F2N7O2S. The highest BCUT2D eigenvalue weighted by Gasteiger charge is 2.50. The van der Waals surface area contributed by atoms with Crippen LogP contribution in [-0.2, 0) is 10.2 Å². The summed E-state index contributed by atoms with van der Waals surface area (Å²) in [6.07, 6.45) is 5.46. The Morgan fingerprint density at radius 2 is 2.10 bits per heavy atom. The molecule has 0 aromatic carbocycles. The van der Waals surface area contributed by atoms with Crippen molar-refractivity contribution in [2.75, 3.05) is 13.1 Å². The quantitative estimate of drug-likeness (QED) is 0.646.